The number of halogens is 2. The van der Waals surface area contributed by atoms with Gasteiger partial charge in [-0.2, -0.15) is 0 Å². The highest BCUT2D eigenvalue weighted by molar-refractivity contribution is 6.30. The first-order valence-corrected chi connectivity index (χ1v) is 6.94. The van der Waals surface area contributed by atoms with Crippen molar-refractivity contribution in [2.45, 2.75) is 13.2 Å². The van der Waals surface area contributed by atoms with Gasteiger partial charge >= 0.3 is 0 Å². The lowest BCUT2D eigenvalue weighted by Crippen LogP contribution is -2.13. The summed E-state index contributed by atoms with van der Waals surface area (Å²) in [6.07, 6.45) is 1.83. The van der Waals surface area contributed by atoms with E-state index in [0.717, 1.165) is 23.4 Å². The van der Waals surface area contributed by atoms with Crippen LogP contribution in [0.4, 0.5) is 0 Å². The van der Waals surface area contributed by atoms with E-state index in [2.05, 4.69) is 11.9 Å². The molecule has 0 aliphatic heterocycles. The van der Waals surface area contributed by atoms with E-state index < -0.39 is 0 Å². The van der Waals surface area contributed by atoms with Crippen LogP contribution in [0.25, 0.3) is 0 Å². The van der Waals surface area contributed by atoms with E-state index in [1.54, 1.807) is 0 Å². The standard InChI is InChI=1S/C17H18ClNO.ClH/c1-2-10-19-12-15-11-16(18)8-9-17(15)20-13-14-6-4-3-5-7-14;/h2-9,11,19H,1,10,12-13H2;1H. The van der Waals surface area contributed by atoms with E-state index in [1.165, 1.54) is 0 Å². The summed E-state index contributed by atoms with van der Waals surface area (Å²) in [6.45, 7) is 5.70. The Morgan fingerprint density at radius 3 is 2.62 bits per heavy atom. The quantitative estimate of drug-likeness (QED) is 0.593. The van der Waals surface area contributed by atoms with E-state index in [0.29, 0.717) is 18.2 Å². The molecule has 2 nitrogen and oxygen atoms in total. The van der Waals surface area contributed by atoms with Crippen molar-refractivity contribution in [3.05, 3.63) is 77.3 Å². The van der Waals surface area contributed by atoms with Crippen LogP contribution in [0.1, 0.15) is 11.1 Å². The maximum atomic E-state index is 6.04. The summed E-state index contributed by atoms with van der Waals surface area (Å²) in [6, 6.07) is 15.8. The molecule has 0 unspecified atom stereocenters. The van der Waals surface area contributed by atoms with E-state index in [1.807, 2.05) is 54.6 Å². The topological polar surface area (TPSA) is 21.3 Å². The summed E-state index contributed by atoms with van der Waals surface area (Å²) >= 11 is 6.04. The predicted octanol–water partition coefficient (Wildman–Crippen LogP) is 4.62. The van der Waals surface area contributed by atoms with Gasteiger partial charge in [-0.15, -0.1) is 19.0 Å². The highest BCUT2D eigenvalue weighted by Crippen LogP contribution is 2.23. The van der Waals surface area contributed by atoms with Crippen LogP contribution in [0.3, 0.4) is 0 Å². The lowest BCUT2D eigenvalue weighted by molar-refractivity contribution is 0.302. The third-order valence-electron chi connectivity index (χ3n) is 2.86. The van der Waals surface area contributed by atoms with Crippen molar-refractivity contribution in [1.82, 2.24) is 5.32 Å². The summed E-state index contributed by atoms with van der Waals surface area (Å²) < 4.78 is 5.88. The summed E-state index contributed by atoms with van der Waals surface area (Å²) in [5.74, 6) is 0.856. The molecule has 2 aromatic rings. The number of hydrogen-bond acceptors (Lipinski definition) is 2. The van der Waals surface area contributed by atoms with Gasteiger partial charge < -0.3 is 10.1 Å². The molecule has 112 valence electrons. The van der Waals surface area contributed by atoms with E-state index in [-0.39, 0.29) is 12.4 Å². The highest BCUT2D eigenvalue weighted by Gasteiger charge is 2.05. The maximum Gasteiger partial charge on any atom is 0.124 e. The van der Waals surface area contributed by atoms with Crippen molar-refractivity contribution in [3.8, 4) is 5.75 Å². The zero-order chi connectivity index (χ0) is 14.2. The van der Waals surface area contributed by atoms with Crippen LogP contribution in [0.15, 0.2) is 61.2 Å². The van der Waals surface area contributed by atoms with Gasteiger partial charge in [-0.1, -0.05) is 48.0 Å². The number of hydrogen-bond donors (Lipinski definition) is 1. The van der Waals surface area contributed by atoms with Gasteiger partial charge in [0.15, 0.2) is 0 Å². The minimum Gasteiger partial charge on any atom is -0.489 e. The van der Waals surface area contributed by atoms with Gasteiger partial charge in [0.1, 0.15) is 12.4 Å². The van der Waals surface area contributed by atoms with Gasteiger partial charge in [0.2, 0.25) is 0 Å². The molecule has 0 fully saturated rings. The monoisotopic (exact) mass is 323 g/mol. The molecular weight excluding hydrogens is 305 g/mol. The molecule has 2 aromatic carbocycles. The van der Waals surface area contributed by atoms with Crippen molar-refractivity contribution in [3.63, 3.8) is 0 Å². The molecule has 0 amide bonds. The SMILES string of the molecule is C=CCNCc1cc(Cl)ccc1OCc1ccccc1.Cl. The molecule has 0 aliphatic carbocycles. The lowest BCUT2D eigenvalue weighted by Gasteiger charge is -2.12. The van der Waals surface area contributed by atoms with E-state index in [9.17, 15) is 0 Å². The van der Waals surface area contributed by atoms with Gasteiger partial charge in [-0.3, -0.25) is 0 Å². The van der Waals surface area contributed by atoms with Gasteiger partial charge in [0, 0.05) is 23.7 Å². The molecule has 0 saturated heterocycles. The Labute approximate surface area is 137 Å². The second-order valence-electron chi connectivity index (χ2n) is 4.45. The van der Waals surface area contributed by atoms with Crippen molar-refractivity contribution < 1.29 is 4.74 Å². The van der Waals surface area contributed by atoms with Crippen LogP contribution < -0.4 is 10.1 Å². The van der Waals surface area contributed by atoms with Crippen LogP contribution in [0.5, 0.6) is 5.75 Å². The van der Waals surface area contributed by atoms with Crippen LogP contribution in [0, 0.1) is 0 Å². The summed E-state index contributed by atoms with van der Waals surface area (Å²) in [4.78, 5) is 0. The molecule has 0 radical (unpaired) electrons. The first-order chi connectivity index (χ1) is 9.79. The summed E-state index contributed by atoms with van der Waals surface area (Å²) in [5.41, 5.74) is 2.20. The Morgan fingerprint density at radius 2 is 1.90 bits per heavy atom. The first-order valence-electron chi connectivity index (χ1n) is 6.56. The molecule has 1 N–H and O–H groups in total. The lowest BCUT2D eigenvalue weighted by atomic mass is 10.2. The Balaban J connectivity index is 0.00000220. The summed E-state index contributed by atoms with van der Waals surface area (Å²) in [5, 5.41) is 3.98. The zero-order valence-electron chi connectivity index (χ0n) is 11.7. The first kappa shape index (κ1) is 17.6. The van der Waals surface area contributed by atoms with Crippen LogP contribution in [-0.4, -0.2) is 6.54 Å². The minimum atomic E-state index is 0. The second-order valence-corrected chi connectivity index (χ2v) is 4.88. The summed E-state index contributed by atoms with van der Waals surface area (Å²) in [7, 11) is 0. The number of rotatable bonds is 7. The molecule has 2 rings (SSSR count). The minimum absolute atomic E-state index is 0. The number of benzene rings is 2. The van der Waals surface area contributed by atoms with Crippen molar-refractivity contribution in [2.24, 2.45) is 0 Å². The van der Waals surface area contributed by atoms with Crippen molar-refractivity contribution in [1.29, 1.82) is 0 Å². The fourth-order valence-corrected chi connectivity index (χ4v) is 2.07. The third-order valence-corrected chi connectivity index (χ3v) is 3.10. The van der Waals surface area contributed by atoms with Gasteiger partial charge in [0.25, 0.3) is 0 Å². The maximum absolute atomic E-state index is 6.04. The van der Waals surface area contributed by atoms with Crippen molar-refractivity contribution >= 4 is 24.0 Å². The largest absolute Gasteiger partial charge is 0.489 e. The van der Waals surface area contributed by atoms with E-state index >= 15 is 0 Å². The Hall–Kier alpha value is -1.48. The van der Waals surface area contributed by atoms with Gasteiger partial charge in [0.05, 0.1) is 0 Å². The Bertz CT molecular complexity index is 558. The molecule has 0 spiro atoms. The normalized spacial score (nSPS) is 9.76. The number of nitrogens with one attached hydrogen (secondary N) is 1. The predicted molar refractivity (Wildman–Crippen MR) is 91.4 cm³/mol. The smallest absolute Gasteiger partial charge is 0.124 e. The average molecular weight is 324 g/mol. The van der Waals surface area contributed by atoms with Crippen LogP contribution in [0.2, 0.25) is 5.02 Å². The molecule has 4 heteroatoms. The molecular formula is C17H19Cl2NO. The average Bonchev–Trinajstić information content (AvgIpc) is 2.48. The van der Waals surface area contributed by atoms with Crippen molar-refractivity contribution in [2.75, 3.05) is 6.54 Å². The number of ether oxygens (including phenoxy) is 1. The molecule has 0 atom stereocenters. The Morgan fingerprint density at radius 1 is 1.14 bits per heavy atom. The third kappa shape index (κ3) is 5.80. The second kappa shape index (κ2) is 9.46. The van der Waals surface area contributed by atoms with Crippen LogP contribution >= 0.6 is 24.0 Å². The zero-order valence-corrected chi connectivity index (χ0v) is 13.3. The molecule has 0 aliphatic rings. The highest BCUT2D eigenvalue weighted by atomic mass is 35.5. The molecule has 21 heavy (non-hydrogen) atoms. The van der Waals surface area contributed by atoms with Gasteiger partial charge in [-0.05, 0) is 23.8 Å². The molecule has 0 saturated carbocycles. The fraction of sp³-hybridized carbons (Fsp3) is 0.176. The molecule has 0 bridgehead atoms. The Kier molecular flexibility index (Phi) is 7.91. The van der Waals surface area contributed by atoms with Crippen LogP contribution in [-0.2, 0) is 13.2 Å². The fourth-order valence-electron chi connectivity index (χ4n) is 1.87. The van der Waals surface area contributed by atoms with Gasteiger partial charge in [-0.25, -0.2) is 0 Å². The van der Waals surface area contributed by atoms with E-state index in [4.69, 9.17) is 16.3 Å². The molecule has 0 heterocycles. The molecule has 0 aromatic heterocycles.